The van der Waals surface area contributed by atoms with Crippen molar-refractivity contribution in [3.63, 3.8) is 0 Å². The molecule has 132 valence electrons. The monoisotopic (exact) mass is 359 g/mol. The van der Waals surface area contributed by atoms with Gasteiger partial charge in [0, 0.05) is 10.6 Å². The van der Waals surface area contributed by atoms with Gasteiger partial charge in [-0.1, -0.05) is 49.7 Å². The molecule has 0 aliphatic carbocycles. The number of esters is 1. The number of hydrogen-bond donors (Lipinski definition) is 1. The van der Waals surface area contributed by atoms with Crippen LogP contribution in [-0.2, 0) is 9.53 Å². The fourth-order valence-corrected chi connectivity index (χ4v) is 2.58. The van der Waals surface area contributed by atoms with Crippen molar-refractivity contribution < 1.29 is 14.3 Å². The molecule has 2 aromatic carbocycles. The van der Waals surface area contributed by atoms with Crippen LogP contribution in [0.5, 0.6) is 0 Å². The number of rotatable bonds is 6. The molecule has 0 spiro atoms. The SMILES string of the molecule is COC(=O)CC(NC(=O)c1ccc(C(C)C)cc1)c1ccc(Cl)cc1. The highest BCUT2D eigenvalue weighted by Crippen LogP contribution is 2.21. The lowest BCUT2D eigenvalue weighted by atomic mass is 10.0. The number of carbonyl (C=O) groups excluding carboxylic acids is 2. The van der Waals surface area contributed by atoms with Gasteiger partial charge in [-0.25, -0.2) is 0 Å². The summed E-state index contributed by atoms with van der Waals surface area (Å²) >= 11 is 5.91. The Morgan fingerprint density at radius 2 is 1.56 bits per heavy atom. The lowest BCUT2D eigenvalue weighted by Gasteiger charge is -2.18. The van der Waals surface area contributed by atoms with E-state index in [1.165, 1.54) is 12.7 Å². The topological polar surface area (TPSA) is 55.4 Å². The van der Waals surface area contributed by atoms with Gasteiger partial charge in [-0.3, -0.25) is 9.59 Å². The maximum Gasteiger partial charge on any atom is 0.307 e. The zero-order valence-electron chi connectivity index (χ0n) is 14.6. The standard InChI is InChI=1S/C20H22ClNO3/c1-13(2)14-4-6-16(7-5-14)20(24)22-18(12-19(23)25-3)15-8-10-17(21)11-9-15/h4-11,13,18H,12H2,1-3H3,(H,22,24). The molecule has 2 aromatic rings. The second-order valence-corrected chi connectivity index (χ2v) is 6.57. The van der Waals surface area contributed by atoms with Crippen LogP contribution in [0.4, 0.5) is 0 Å². The van der Waals surface area contributed by atoms with Crippen LogP contribution in [-0.4, -0.2) is 19.0 Å². The lowest BCUT2D eigenvalue weighted by Crippen LogP contribution is -2.30. The van der Waals surface area contributed by atoms with Gasteiger partial charge in [0.1, 0.15) is 0 Å². The fraction of sp³-hybridized carbons (Fsp3) is 0.300. The van der Waals surface area contributed by atoms with E-state index in [1.807, 2.05) is 12.1 Å². The van der Waals surface area contributed by atoms with Crippen LogP contribution in [0.3, 0.4) is 0 Å². The van der Waals surface area contributed by atoms with Crippen molar-refractivity contribution in [2.24, 2.45) is 0 Å². The Morgan fingerprint density at radius 1 is 1.00 bits per heavy atom. The molecule has 1 N–H and O–H groups in total. The van der Waals surface area contributed by atoms with E-state index in [4.69, 9.17) is 16.3 Å². The summed E-state index contributed by atoms with van der Waals surface area (Å²) in [6, 6.07) is 14.0. The predicted molar refractivity (Wildman–Crippen MR) is 98.8 cm³/mol. The minimum Gasteiger partial charge on any atom is -0.469 e. The zero-order chi connectivity index (χ0) is 18.4. The Hall–Kier alpha value is -2.33. The van der Waals surface area contributed by atoms with Gasteiger partial charge in [0.25, 0.3) is 5.91 Å². The molecule has 5 heteroatoms. The van der Waals surface area contributed by atoms with Gasteiger partial charge in [0.05, 0.1) is 19.6 Å². The first-order chi connectivity index (χ1) is 11.9. The third kappa shape index (κ3) is 5.33. The van der Waals surface area contributed by atoms with Crippen LogP contribution in [0, 0.1) is 0 Å². The molecule has 1 amide bonds. The van der Waals surface area contributed by atoms with E-state index in [2.05, 4.69) is 19.2 Å². The third-order valence-electron chi connectivity index (χ3n) is 4.02. The molecular formula is C20H22ClNO3. The molecule has 0 aliphatic rings. The van der Waals surface area contributed by atoms with Gasteiger partial charge < -0.3 is 10.1 Å². The molecule has 0 fully saturated rings. The van der Waals surface area contributed by atoms with E-state index in [1.54, 1.807) is 36.4 Å². The number of benzene rings is 2. The lowest BCUT2D eigenvalue weighted by molar-refractivity contribution is -0.141. The quantitative estimate of drug-likeness (QED) is 0.773. The summed E-state index contributed by atoms with van der Waals surface area (Å²) in [5.74, 6) is -0.229. The second kappa shape index (κ2) is 8.67. The molecule has 0 heterocycles. The van der Waals surface area contributed by atoms with Crippen molar-refractivity contribution in [1.82, 2.24) is 5.32 Å². The fourth-order valence-electron chi connectivity index (χ4n) is 2.46. The van der Waals surface area contributed by atoms with Crippen molar-refractivity contribution in [3.8, 4) is 0 Å². The number of ether oxygens (including phenoxy) is 1. The van der Waals surface area contributed by atoms with Crippen LogP contribution in [0.2, 0.25) is 5.02 Å². The molecule has 2 rings (SSSR count). The molecule has 1 unspecified atom stereocenters. The highest BCUT2D eigenvalue weighted by atomic mass is 35.5. The van der Waals surface area contributed by atoms with Gasteiger partial charge in [-0.05, 0) is 41.3 Å². The summed E-state index contributed by atoms with van der Waals surface area (Å²) in [6.45, 7) is 4.20. The first kappa shape index (κ1) is 19.0. The Morgan fingerprint density at radius 3 is 2.08 bits per heavy atom. The van der Waals surface area contributed by atoms with Gasteiger partial charge in [-0.15, -0.1) is 0 Å². The summed E-state index contributed by atoms with van der Waals surface area (Å²) < 4.78 is 4.74. The molecule has 0 bridgehead atoms. The van der Waals surface area contributed by atoms with E-state index >= 15 is 0 Å². The molecular weight excluding hydrogens is 338 g/mol. The first-order valence-electron chi connectivity index (χ1n) is 8.13. The van der Waals surface area contributed by atoms with Crippen LogP contribution >= 0.6 is 11.6 Å². The number of halogens is 1. The van der Waals surface area contributed by atoms with Gasteiger partial charge in [-0.2, -0.15) is 0 Å². The third-order valence-corrected chi connectivity index (χ3v) is 4.27. The number of amides is 1. The molecule has 0 radical (unpaired) electrons. The average Bonchev–Trinajstić information content (AvgIpc) is 2.61. The Kier molecular flexibility index (Phi) is 6.59. The molecule has 0 aliphatic heterocycles. The molecule has 0 aromatic heterocycles. The van der Waals surface area contributed by atoms with Gasteiger partial charge in [0.15, 0.2) is 0 Å². The Balaban J connectivity index is 2.18. The number of nitrogens with one attached hydrogen (secondary N) is 1. The van der Waals surface area contributed by atoms with E-state index in [0.29, 0.717) is 16.5 Å². The van der Waals surface area contributed by atoms with Crippen molar-refractivity contribution >= 4 is 23.5 Å². The number of carbonyl (C=O) groups is 2. The molecule has 1 atom stereocenters. The average molecular weight is 360 g/mol. The second-order valence-electron chi connectivity index (χ2n) is 6.13. The molecule has 4 nitrogen and oxygen atoms in total. The first-order valence-corrected chi connectivity index (χ1v) is 8.51. The maximum absolute atomic E-state index is 12.6. The highest BCUT2D eigenvalue weighted by Gasteiger charge is 2.20. The van der Waals surface area contributed by atoms with E-state index in [-0.39, 0.29) is 12.3 Å². The summed E-state index contributed by atoms with van der Waals surface area (Å²) in [4.78, 5) is 24.3. The summed E-state index contributed by atoms with van der Waals surface area (Å²) in [7, 11) is 1.33. The summed E-state index contributed by atoms with van der Waals surface area (Å²) in [5, 5.41) is 3.49. The van der Waals surface area contributed by atoms with Gasteiger partial charge in [0.2, 0.25) is 0 Å². The predicted octanol–water partition coefficient (Wildman–Crippen LogP) is 4.50. The molecule has 0 saturated carbocycles. The van der Waals surface area contributed by atoms with Crippen LogP contribution in [0.25, 0.3) is 0 Å². The number of methoxy groups -OCH3 is 1. The Labute approximate surface area is 153 Å². The van der Waals surface area contributed by atoms with Crippen LogP contribution in [0.1, 0.15) is 53.7 Å². The summed E-state index contributed by atoms with van der Waals surface area (Å²) in [6.07, 6.45) is 0.0496. The summed E-state index contributed by atoms with van der Waals surface area (Å²) in [5.41, 5.74) is 2.51. The molecule has 0 saturated heterocycles. The van der Waals surface area contributed by atoms with E-state index in [9.17, 15) is 9.59 Å². The maximum atomic E-state index is 12.6. The van der Waals surface area contributed by atoms with Crippen molar-refractivity contribution in [2.75, 3.05) is 7.11 Å². The van der Waals surface area contributed by atoms with Crippen molar-refractivity contribution in [2.45, 2.75) is 32.2 Å². The Bertz CT molecular complexity index is 724. The van der Waals surface area contributed by atoms with Crippen LogP contribution < -0.4 is 5.32 Å². The highest BCUT2D eigenvalue weighted by molar-refractivity contribution is 6.30. The van der Waals surface area contributed by atoms with Gasteiger partial charge >= 0.3 is 5.97 Å². The minimum absolute atomic E-state index is 0.0496. The van der Waals surface area contributed by atoms with E-state index in [0.717, 1.165) is 5.56 Å². The zero-order valence-corrected chi connectivity index (χ0v) is 15.3. The van der Waals surface area contributed by atoms with Crippen molar-refractivity contribution in [1.29, 1.82) is 0 Å². The largest absolute Gasteiger partial charge is 0.469 e. The molecule has 25 heavy (non-hydrogen) atoms. The smallest absolute Gasteiger partial charge is 0.307 e. The van der Waals surface area contributed by atoms with Crippen LogP contribution in [0.15, 0.2) is 48.5 Å². The van der Waals surface area contributed by atoms with Crippen molar-refractivity contribution in [3.05, 3.63) is 70.2 Å². The minimum atomic E-state index is -0.484. The van der Waals surface area contributed by atoms with E-state index < -0.39 is 12.0 Å². The normalized spacial score (nSPS) is 11.9. The number of hydrogen-bond acceptors (Lipinski definition) is 3.